The molecule has 0 saturated carbocycles. The number of carbonyl (C=O) groups excluding carboxylic acids is 1. The molecule has 1 amide bonds. The number of amides is 1. The SMILES string of the molecule is Cc1cccc(C(=O)Nc2ccn(CC(=O)O)n2)n1. The van der Waals surface area contributed by atoms with E-state index < -0.39 is 5.97 Å². The van der Waals surface area contributed by atoms with Crippen LogP contribution in [0.15, 0.2) is 30.5 Å². The van der Waals surface area contributed by atoms with Crippen molar-refractivity contribution < 1.29 is 14.7 Å². The first-order valence-electron chi connectivity index (χ1n) is 5.55. The molecule has 0 fully saturated rings. The molecule has 7 heteroatoms. The third kappa shape index (κ3) is 3.38. The zero-order valence-electron chi connectivity index (χ0n) is 10.2. The maximum absolute atomic E-state index is 11.9. The molecule has 0 spiro atoms. The van der Waals surface area contributed by atoms with Crippen molar-refractivity contribution in [3.63, 3.8) is 0 Å². The van der Waals surface area contributed by atoms with Crippen molar-refractivity contribution >= 4 is 17.7 Å². The van der Waals surface area contributed by atoms with Crippen LogP contribution in [0.2, 0.25) is 0 Å². The van der Waals surface area contributed by atoms with Gasteiger partial charge in [0.1, 0.15) is 12.2 Å². The first-order chi connectivity index (χ1) is 9.04. The van der Waals surface area contributed by atoms with Crippen molar-refractivity contribution in [3.8, 4) is 0 Å². The summed E-state index contributed by atoms with van der Waals surface area (Å²) in [6.07, 6.45) is 1.48. The lowest BCUT2D eigenvalue weighted by Crippen LogP contribution is -2.15. The van der Waals surface area contributed by atoms with Gasteiger partial charge in [-0.2, -0.15) is 5.10 Å². The van der Waals surface area contributed by atoms with Gasteiger partial charge in [-0.3, -0.25) is 14.3 Å². The third-order valence-corrected chi connectivity index (χ3v) is 2.30. The van der Waals surface area contributed by atoms with Crippen molar-refractivity contribution in [2.75, 3.05) is 5.32 Å². The monoisotopic (exact) mass is 260 g/mol. The highest BCUT2D eigenvalue weighted by Crippen LogP contribution is 2.06. The minimum atomic E-state index is -0.999. The molecule has 2 aromatic heterocycles. The number of hydrogen-bond donors (Lipinski definition) is 2. The zero-order valence-corrected chi connectivity index (χ0v) is 10.2. The van der Waals surface area contributed by atoms with E-state index >= 15 is 0 Å². The summed E-state index contributed by atoms with van der Waals surface area (Å²) in [5.74, 6) is -1.10. The molecule has 2 aromatic rings. The lowest BCUT2D eigenvalue weighted by Gasteiger charge is -2.02. The Kier molecular flexibility index (Phi) is 3.56. The molecule has 0 bridgehead atoms. The predicted octanol–water partition coefficient (Wildman–Crippen LogP) is 0.923. The molecule has 0 aromatic carbocycles. The van der Waals surface area contributed by atoms with Crippen LogP contribution in [0.25, 0.3) is 0 Å². The molecular formula is C12H12N4O3. The van der Waals surface area contributed by atoms with E-state index in [0.29, 0.717) is 0 Å². The van der Waals surface area contributed by atoms with Crippen LogP contribution in [-0.2, 0) is 11.3 Å². The summed E-state index contributed by atoms with van der Waals surface area (Å²) in [7, 11) is 0. The fourth-order valence-corrected chi connectivity index (χ4v) is 1.50. The van der Waals surface area contributed by atoms with E-state index in [2.05, 4.69) is 15.4 Å². The van der Waals surface area contributed by atoms with Crippen LogP contribution in [0.1, 0.15) is 16.2 Å². The van der Waals surface area contributed by atoms with Crippen LogP contribution >= 0.6 is 0 Å². The highest BCUT2D eigenvalue weighted by atomic mass is 16.4. The van der Waals surface area contributed by atoms with Crippen molar-refractivity contribution in [2.24, 2.45) is 0 Å². The van der Waals surface area contributed by atoms with Crippen molar-refractivity contribution in [1.29, 1.82) is 0 Å². The second kappa shape index (κ2) is 5.30. The summed E-state index contributed by atoms with van der Waals surface area (Å²) in [5.41, 5.74) is 1.02. The summed E-state index contributed by atoms with van der Waals surface area (Å²) in [6, 6.07) is 6.64. The Balaban J connectivity index is 2.06. The Morgan fingerprint density at radius 3 is 2.84 bits per heavy atom. The molecular weight excluding hydrogens is 248 g/mol. The first kappa shape index (κ1) is 12.7. The highest BCUT2D eigenvalue weighted by molar-refractivity contribution is 6.02. The van der Waals surface area contributed by atoms with Crippen LogP contribution in [0.4, 0.5) is 5.82 Å². The molecule has 0 aliphatic heterocycles. The summed E-state index contributed by atoms with van der Waals surface area (Å²) in [4.78, 5) is 26.4. The minimum Gasteiger partial charge on any atom is -0.480 e. The third-order valence-electron chi connectivity index (χ3n) is 2.30. The lowest BCUT2D eigenvalue weighted by atomic mass is 10.3. The Morgan fingerprint density at radius 1 is 1.37 bits per heavy atom. The molecule has 2 heterocycles. The van der Waals surface area contributed by atoms with E-state index in [4.69, 9.17) is 5.11 Å². The topological polar surface area (TPSA) is 97.1 Å². The van der Waals surface area contributed by atoms with Gasteiger partial charge in [-0.15, -0.1) is 0 Å². The summed E-state index contributed by atoms with van der Waals surface area (Å²) in [5, 5.41) is 15.1. The standard InChI is InChI=1S/C12H12N4O3/c1-8-3-2-4-9(13-8)12(19)14-10-5-6-16(15-10)7-11(17)18/h2-6H,7H2,1H3,(H,17,18)(H,14,15,19). The molecule has 0 unspecified atom stereocenters. The number of aryl methyl sites for hydroxylation is 1. The maximum atomic E-state index is 11.9. The van der Waals surface area contributed by atoms with E-state index in [1.807, 2.05) is 0 Å². The number of nitrogens with one attached hydrogen (secondary N) is 1. The normalized spacial score (nSPS) is 10.2. The van der Waals surface area contributed by atoms with Gasteiger partial charge in [-0.25, -0.2) is 4.98 Å². The Labute approximate surface area is 108 Å². The number of nitrogens with zero attached hydrogens (tertiary/aromatic N) is 3. The zero-order chi connectivity index (χ0) is 13.8. The van der Waals surface area contributed by atoms with Crippen LogP contribution in [0.5, 0.6) is 0 Å². The fourth-order valence-electron chi connectivity index (χ4n) is 1.50. The number of carboxylic acids is 1. The van der Waals surface area contributed by atoms with Crippen LogP contribution in [0, 0.1) is 6.92 Å². The van der Waals surface area contributed by atoms with Crippen LogP contribution in [0.3, 0.4) is 0 Å². The number of aromatic nitrogens is 3. The average Bonchev–Trinajstić information content (AvgIpc) is 2.75. The van der Waals surface area contributed by atoms with Crippen LogP contribution < -0.4 is 5.32 Å². The molecule has 0 saturated heterocycles. The van der Waals surface area contributed by atoms with E-state index in [9.17, 15) is 9.59 Å². The van der Waals surface area contributed by atoms with Crippen molar-refractivity contribution in [1.82, 2.24) is 14.8 Å². The van der Waals surface area contributed by atoms with E-state index in [-0.39, 0.29) is 24.0 Å². The quantitative estimate of drug-likeness (QED) is 0.852. The second-order valence-electron chi connectivity index (χ2n) is 3.91. The number of anilines is 1. The van der Waals surface area contributed by atoms with Gasteiger partial charge in [0.2, 0.25) is 0 Å². The number of hydrogen-bond acceptors (Lipinski definition) is 4. The van der Waals surface area contributed by atoms with E-state index in [0.717, 1.165) is 5.69 Å². The molecule has 0 atom stereocenters. The molecule has 0 radical (unpaired) electrons. The van der Waals surface area contributed by atoms with Gasteiger partial charge >= 0.3 is 5.97 Å². The molecule has 0 aliphatic carbocycles. The summed E-state index contributed by atoms with van der Waals surface area (Å²) in [6.45, 7) is 1.54. The minimum absolute atomic E-state index is 0.251. The molecule has 98 valence electrons. The van der Waals surface area contributed by atoms with E-state index in [1.54, 1.807) is 25.1 Å². The number of carbonyl (C=O) groups is 2. The predicted molar refractivity (Wildman–Crippen MR) is 66.8 cm³/mol. The Morgan fingerprint density at radius 2 is 2.16 bits per heavy atom. The van der Waals surface area contributed by atoms with Crippen molar-refractivity contribution in [2.45, 2.75) is 13.5 Å². The molecule has 2 N–H and O–H groups in total. The number of aliphatic carboxylic acids is 1. The first-order valence-corrected chi connectivity index (χ1v) is 5.55. The second-order valence-corrected chi connectivity index (χ2v) is 3.91. The van der Waals surface area contributed by atoms with Gasteiger partial charge in [-0.1, -0.05) is 6.07 Å². The molecule has 2 rings (SSSR count). The molecule has 0 aliphatic rings. The van der Waals surface area contributed by atoms with Gasteiger partial charge in [0.15, 0.2) is 5.82 Å². The lowest BCUT2D eigenvalue weighted by molar-refractivity contribution is -0.137. The Hall–Kier alpha value is -2.70. The molecule has 19 heavy (non-hydrogen) atoms. The summed E-state index contributed by atoms with van der Waals surface area (Å²) < 4.78 is 1.22. The molecule has 7 nitrogen and oxygen atoms in total. The number of rotatable bonds is 4. The highest BCUT2D eigenvalue weighted by Gasteiger charge is 2.10. The van der Waals surface area contributed by atoms with Crippen LogP contribution in [-0.4, -0.2) is 31.7 Å². The van der Waals surface area contributed by atoms with Gasteiger partial charge in [0.05, 0.1) is 0 Å². The van der Waals surface area contributed by atoms with Gasteiger partial charge in [0, 0.05) is 18.0 Å². The van der Waals surface area contributed by atoms with Gasteiger partial charge in [0.25, 0.3) is 5.91 Å². The summed E-state index contributed by atoms with van der Waals surface area (Å²) >= 11 is 0. The smallest absolute Gasteiger partial charge is 0.325 e. The Bertz CT molecular complexity index is 621. The van der Waals surface area contributed by atoms with Crippen molar-refractivity contribution in [3.05, 3.63) is 41.9 Å². The largest absolute Gasteiger partial charge is 0.480 e. The average molecular weight is 260 g/mol. The van der Waals surface area contributed by atoms with E-state index in [1.165, 1.54) is 16.9 Å². The maximum Gasteiger partial charge on any atom is 0.325 e. The fraction of sp³-hybridized carbons (Fsp3) is 0.167. The number of carboxylic acid groups (broad SMARTS) is 1. The van der Waals surface area contributed by atoms with Gasteiger partial charge in [-0.05, 0) is 19.1 Å². The van der Waals surface area contributed by atoms with Gasteiger partial charge < -0.3 is 10.4 Å². The number of pyridine rings is 1.